The summed E-state index contributed by atoms with van der Waals surface area (Å²) in [6.45, 7) is 2.89. The Labute approximate surface area is 107 Å². The summed E-state index contributed by atoms with van der Waals surface area (Å²) in [5.41, 5.74) is 0.742. The Morgan fingerprint density at radius 2 is 2.18 bits per heavy atom. The lowest BCUT2D eigenvalue weighted by molar-refractivity contribution is 0.469. The van der Waals surface area contributed by atoms with Gasteiger partial charge in [0.05, 0.1) is 0 Å². The van der Waals surface area contributed by atoms with E-state index in [0.29, 0.717) is 5.75 Å². The molecule has 0 aromatic heterocycles. The third-order valence-electron chi connectivity index (χ3n) is 2.66. The predicted octanol–water partition coefficient (Wildman–Crippen LogP) is 3.85. The van der Waals surface area contributed by atoms with E-state index < -0.39 is 0 Å². The molecule has 0 aliphatic carbocycles. The van der Waals surface area contributed by atoms with E-state index in [9.17, 15) is 4.39 Å². The number of nitrogens with one attached hydrogen (secondary N) is 1. The van der Waals surface area contributed by atoms with Crippen molar-refractivity contribution in [2.45, 2.75) is 32.2 Å². The molecule has 2 N–H and O–H groups in total. The maximum atomic E-state index is 13.7. The lowest BCUT2D eigenvalue weighted by Crippen LogP contribution is -2.23. The van der Waals surface area contributed by atoms with Crippen LogP contribution in [0.4, 0.5) is 4.39 Å². The maximum absolute atomic E-state index is 13.7. The summed E-state index contributed by atoms with van der Waals surface area (Å²) in [6.07, 6.45) is 2.82. The highest BCUT2D eigenvalue weighted by atomic mass is 32.2. The van der Waals surface area contributed by atoms with Gasteiger partial charge in [0.2, 0.25) is 0 Å². The number of benzene rings is 1. The van der Waals surface area contributed by atoms with Crippen LogP contribution in [0.25, 0.3) is 0 Å². The molecule has 17 heavy (non-hydrogen) atoms. The second-order valence-electron chi connectivity index (χ2n) is 4.00. The van der Waals surface area contributed by atoms with E-state index in [4.69, 9.17) is 4.55 Å². The molecule has 1 atom stereocenters. The van der Waals surface area contributed by atoms with E-state index >= 15 is 0 Å². The van der Waals surface area contributed by atoms with Crippen molar-refractivity contribution in [1.29, 1.82) is 0 Å². The van der Waals surface area contributed by atoms with Crippen LogP contribution in [0.15, 0.2) is 24.3 Å². The standard InChI is InChI=1S/C13H20FNOS/c1-2-6-13(15-9-5-10-17-16)11-7-3-4-8-12(11)14/h3-4,7-8,13,15-16H,2,5-6,9-10H2,1H3. The van der Waals surface area contributed by atoms with Crippen molar-refractivity contribution in [2.75, 3.05) is 12.3 Å². The predicted molar refractivity (Wildman–Crippen MR) is 71.8 cm³/mol. The van der Waals surface area contributed by atoms with Gasteiger partial charge in [-0.1, -0.05) is 31.5 Å². The van der Waals surface area contributed by atoms with Crippen LogP contribution in [-0.4, -0.2) is 16.9 Å². The molecule has 0 spiro atoms. The van der Waals surface area contributed by atoms with Gasteiger partial charge < -0.3 is 9.87 Å². The Hall–Kier alpha value is -0.580. The summed E-state index contributed by atoms with van der Waals surface area (Å²) in [5.74, 6) is 0.568. The van der Waals surface area contributed by atoms with Gasteiger partial charge in [0.25, 0.3) is 0 Å². The first-order valence-corrected chi connectivity index (χ1v) is 6.98. The van der Waals surface area contributed by atoms with E-state index in [1.54, 1.807) is 6.07 Å². The van der Waals surface area contributed by atoms with Crippen molar-refractivity contribution in [3.05, 3.63) is 35.6 Å². The highest BCUT2D eigenvalue weighted by Gasteiger charge is 2.13. The molecule has 1 unspecified atom stereocenters. The molecule has 0 heterocycles. The smallest absolute Gasteiger partial charge is 0.127 e. The van der Waals surface area contributed by atoms with Gasteiger partial charge in [-0.3, -0.25) is 0 Å². The summed E-state index contributed by atoms with van der Waals surface area (Å²) >= 11 is 0.852. The van der Waals surface area contributed by atoms with Crippen molar-refractivity contribution < 1.29 is 8.94 Å². The zero-order valence-corrected chi connectivity index (χ0v) is 11.0. The Bertz CT molecular complexity index is 322. The van der Waals surface area contributed by atoms with Crippen LogP contribution in [0.1, 0.15) is 37.8 Å². The molecular formula is C13H20FNOS. The number of hydrogen-bond donors (Lipinski definition) is 2. The highest BCUT2D eigenvalue weighted by molar-refractivity contribution is 7.93. The molecular weight excluding hydrogens is 237 g/mol. The molecule has 4 heteroatoms. The summed E-state index contributed by atoms with van der Waals surface area (Å²) in [7, 11) is 0. The first kappa shape index (κ1) is 14.5. The summed E-state index contributed by atoms with van der Waals surface area (Å²) in [4.78, 5) is 0. The number of hydrogen-bond acceptors (Lipinski definition) is 3. The molecule has 0 fully saturated rings. The summed E-state index contributed by atoms with van der Waals surface area (Å²) in [6, 6.07) is 6.99. The molecule has 96 valence electrons. The first-order chi connectivity index (χ1) is 8.29. The van der Waals surface area contributed by atoms with Gasteiger partial charge in [-0.25, -0.2) is 4.39 Å². The largest absolute Gasteiger partial charge is 0.330 e. The topological polar surface area (TPSA) is 32.3 Å². The van der Waals surface area contributed by atoms with E-state index in [-0.39, 0.29) is 11.9 Å². The SMILES string of the molecule is CCCC(NCCCSO)c1ccccc1F. The zero-order valence-electron chi connectivity index (χ0n) is 10.2. The van der Waals surface area contributed by atoms with Gasteiger partial charge in [0.1, 0.15) is 5.82 Å². The second kappa shape index (κ2) is 8.50. The van der Waals surface area contributed by atoms with Crippen molar-refractivity contribution in [1.82, 2.24) is 5.32 Å². The van der Waals surface area contributed by atoms with E-state index in [1.807, 2.05) is 12.1 Å². The van der Waals surface area contributed by atoms with Crippen LogP contribution in [-0.2, 0) is 0 Å². The molecule has 0 saturated heterocycles. The number of halogens is 1. The van der Waals surface area contributed by atoms with Crippen LogP contribution in [0.5, 0.6) is 0 Å². The number of rotatable bonds is 8. The van der Waals surface area contributed by atoms with Crippen molar-refractivity contribution in [3.63, 3.8) is 0 Å². The minimum Gasteiger partial charge on any atom is -0.330 e. The molecule has 0 radical (unpaired) electrons. The molecule has 2 nitrogen and oxygen atoms in total. The fourth-order valence-electron chi connectivity index (χ4n) is 1.83. The van der Waals surface area contributed by atoms with Crippen molar-refractivity contribution in [3.8, 4) is 0 Å². The minimum absolute atomic E-state index is 0.0740. The Balaban J connectivity index is 2.56. The van der Waals surface area contributed by atoms with Crippen LogP contribution >= 0.6 is 12.0 Å². The van der Waals surface area contributed by atoms with Gasteiger partial charge in [0.15, 0.2) is 0 Å². The van der Waals surface area contributed by atoms with Gasteiger partial charge in [-0.15, -0.1) is 0 Å². The quantitative estimate of drug-likeness (QED) is 0.548. The molecule has 1 aromatic rings. The fourth-order valence-corrected chi connectivity index (χ4v) is 2.10. The molecule has 1 aromatic carbocycles. The van der Waals surface area contributed by atoms with Crippen molar-refractivity contribution in [2.24, 2.45) is 0 Å². The molecule has 0 saturated carbocycles. The van der Waals surface area contributed by atoms with E-state index in [2.05, 4.69) is 12.2 Å². The molecule has 0 aliphatic heterocycles. The fraction of sp³-hybridized carbons (Fsp3) is 0.538. The molecule has 0 amide bonds. The maximum Gasteiger partial charge on any atom is 0.127 e. The van der Waals surface area contributed by atoms with Crippen LogP contribution in [0.2, 0.25) is 0 Å². The van der Waals surface area contributed by atoms with Crippen LogP contribution in [0.3, 0.4) is 0 Å². The Kier molecular flexibility index (Phi) is 7.24. The first-order valence-electron chi connectivity index (χ1n) is 6.03. The second-order valence-corrected chi connectivity index (χ2v) is 4.67. The Morgan fingerprint density at radius 3 is 2.82 bits per heavy atom. The van der Waals surface area contributed by atoms with Gasteiger partial charge >= 0.3 is 0 Å². The van der Waals surface area contributed by atoms with Gasteiger partial charge in [-0.05, 0) is 37.5 Å². The third-order valence-corrected chi connectivity index (χ3v) is 3.13. The minimum atomic E-state index is -0.144. The molecule has 0 bridgehead atoms. The highest BCUT2D eigenvalue weighted by Crippen LogP contribution is 2.21. The van der Waals surface area contributed by atoms with Gasteiger partial charge in [0, 0.05) is 17.4 Å². The third kappa shape index (κ3) is 5.06. The Morgan fingerprint density at radius 1 is 1.41 bits per heavy atom. The monoisotopic (exact) mass is 257 g/mol. The normalized spacial score (nSPS) is 12.6. The van der Waals surface area contributed by atoms with E-state index in [1.165, 1.54) is 6.07 Å². The van der Waals surface area contributed by atoms with E-state index in [0.717, 1.165) is 43.4 Å². The molecule has 1 rings (SSSR count). The van der Waals surface area contributed by atoms with Gasteiger partial charge in [-0.2, -0.15) is 0 Å². The summed E-state index contributed by atoms with van der Waals surface area (Å²) < 4.78 is 22.3. The summed E-state index contributed by atoms with van der Waals surface area (Å²) in [5, 5.41) is 3.35. The van der Waals surface area contributed by atoms with Crippen LogP contribution < -0.4 is 5.32 Å². The average Bonchev–Trinajstić information content (AvgIpc) is 2.34. The average molecular weight is 257 g/mol. The van der Waals surface area contributed by atoms with Crippen molar-refractivity contribution >= 4 is 12.0 Å². The lowest BCUT2D eigenvalue weighted by atomic mass is 10.0. The van der Waals surface area contributed by atoms with Crippen LogP contribution in [0, 0.1) is 5.82 Å². The lowest BCUT2D eigenvalue weighted by Gasteiger charge is -2.19. The molecule has 0 aliphatic rings. The zero-order chi connectivity index (χ0) is 12.5.